The number of aromatic nitrogens is 2. The third-order valence-electron chi connectivity index (χ3n) is 7.66. The fourth-order valence-electron chi connectivity index (χ4n) is 5.79. The number of cyclic esters (lactones) is 1. The molecule has 4 heterocycles. The Morgan fingerprint density at radius 2 is 1.95 bits per heavy atom. The Labute approximate surface area is 218 Å². The van der Waals surface area contributed by atoms with Crippen molar-refractivity contribution in [3.05, 3.63) is 61.7 Å². The lowest BCUT2D eigenvalue weighted by atomic mass is 9.86. The zero-order valence-electron chi connectivity index (χ0n) is 21.2. The number of pyridine rings is 2. The number of fused-ring (bicyclic) bond motifs is 5. The van der Waals surface area contributed by atoms with Gasteiger partial charge in [-0.1, -0.05) is 6.92 Å². The number of benzene rings is 1. The van der Waals surface area contributed by atoms with Crippen LogP contribution in [0.2, 0.25) is 0 Å². The van der Waals surface area contributed by atoms with Crippen molar-refractivity contribution in [3.8, 4) is 11.4 Å². The highest BCUT2D eigenvalue weighted by Gasteiger charge is 2.45. The molecule has 1 aromatic carbocycles. The molecule has 6 rings (SSSR count). The van der Waals surface area contributed by atoms with Crippen LogP contribution in [0.3, 0.4) is 0 Å². The first-order valence-electron chi connectivity index (χ1n) is 12.3. The smallest absolute Gasteiger partial charge is 0.343 e. The number of aryl methyl sites for hydroxylation is 1. The zero-order valence-corrected chi connectivity index (χ0v) is 22.0. The van der Waals surface area contributed by atoms with Gasteiger partial charge in [-0.15, -0.1) is 0 Å². The van der Waals surface area contributed by atoms with Gasteiger partial charge in [0.05, 0.1) is 35.3 Å². The Kier molecular flexibility index (Phi) is 6.21. The summed E-state index contributed by atoms with van der Waals surface area (Å²) in [7, 11) is -3.67. The fraction of sp³-hybridized carbons (Fsp3) is 0.423. The summed E-state index contributed by atoms with van der Waals surface area (Å²) in [5.41, 5.74) is 9.87. The lowest BCUT2D eigenvalue weighted by Crippen LogP contribution is -2.44. The minimum absolute atomic E-state index is 0.0731. The average Bonchev–Trinajstić information content (AvgIpc) is 3.10. The predicted octanol–water partition coefficient (Wildman–Crippen LogP) is 2.37. The van der Waals surface area contributed by atoms with E-state index in [1.54, 1.807) is 24.5 Å². The van der Waals surface area contributed by atoms with Crippen molar-refractivity contribution in [2.45, 2.75) is 64.3 Å². The number of nitrogens with zero attached hydrogens (tertiary/aromatic N) is 2. The van der Waals surface area contributed by atoms with E-state index in [2.05, 4.69) is 0 Å². The van der Waals surface area contributed by atoms with E-state index in [4.69, 9.17) is 20.0 Å². The number of rotatable bonds is 1. The Bertz CT molecular complexity index is 1690. The van der Waals surface area contributed by atoms with Crippen LogP contribution in [0, 0.1) is 12.7 Å². The van der Waals surface area contributed by atoms with Crippen LogP contribution in [-0.4, -0.2) is 39.9 Å². The highest BCUT2D eigenvalue weighted by atomic mass is 32.2. The second kappa shape index (κ2) is 8.94. The SMILES string of the molecule is CC[C@@]1(O)C(=O)OCc2c1cc1n(c2=O)Cc2c-1nc1cc(F)c(C)c3c1c2[C@@H](N)CCC3.CS(=O)(=O)O. The lowest BCUT2D eigenvalue weighted by molar-refractivity contribution is -0.172. The molecule has 0 radical (unpaired) electrons. The van der Waals surface area contributed by atoms with Crippen LogP contribution >= 0.6 is 0 Å². The van der Waals surface area contributed by atoms with Crippen molar-refractivity contribution in [2.75, 3.05) is 6.26 Å². The molecule has 0 saturated heterocycles. The molecule has 0 saturated carbocycles. The lowest BCUT2D eigenvalue weighted by Gasteiger charge is -2.31. The first-order valence-corrected chi connectivity index (χ1v) is 14.1. The molecular formula is C26H28FN3O7S. The molecule has 38 heavy (non-hydrogen) atoms. The van der Waals surface area contributed by atoms with E-state index in [1.165, 1.54) is 6.07 Å². The van der Waals surface area contributed by atoms with Crippen LogP contribution in [-0.2, 0) is 44.8 Å². The summed E-state index contributed by atoms with van der Waals surface area (Å²) in [6.07, 6.45) is 3.11. The zero-order chi connectivity index (χ0) is 27.7. The van der Waals surface area contributed by atoms with Gasteiger partial charge in [0.1, 0.15) is 12.4 Å². The molecule has 0 fully saturated rings. The molecule has 0 bridgehead atoms. The van der Waals surface area contributed by atoms with Crippen molar-refractivity contribution in [2.24, 2.45) is 5.73 Å². The molecule has 0 spiro atoms. The van der Waals surface area contributed by atoms with Crippen LogP contribution < -0.4 is 11.3 Å². The van der Waals surface area contributed by atoms with Crippen molar-refractivity contribution in [3.63, 3.8) is 0 Å². The van der Waals surface area contributed by atoms with E-state index >= 15 is 0 Å². The summed E-state index contributed by atoms with van der Waals surface area (Å²) in [6.45, 7) is 3.56. The van der Waals surface area contributed by atoms with Gasteiger partial charge < -0.3 is 20.1 Å². The molecule has 2 aliphatic heterocycles. The van der Waals surface area contributed by atoms with Crippen LogP contribution in [0.5, 0.6) is 0 Å². The largest absolute Gasteiger partial charge is 0.458 e. The van der Waals surface area contributed by atoms with Gasteiger partial charge in [-0.05, 0) is 55.4 Å². The number of carbonyl (C=O) groups excluding carboxylic acids is 1. The molecular weight excluding hydrogens is 517 g/mol. The number of carbonyl (C=O) groups is 1. The van der Waals surface area contributed by atoms with Crippen molar-refractivity contribution in [1.82, 2.24) is 9.55 Å². The number of nitrogens with two attached hydrogens (primary N) is 1. The maximum atomic E-state index is 14.8. The first kappa shape index (κ1) is 26.4. The molecule has 2 atom stereocenters. The molecule has 3 aromatic rings. The minimum atomic E-state index is -3.67. The first-order chi connectivity index (χ1) is 17.8. The maximum absolute atomic E-state index is 14.8. The van der Waals surface area contributed by atoms with Gasteiger partial charge >= 0.3 is 5.97 Å². The van der Waals surface area contributed by atoms with E-state index in [-0.39, 0.29) is 48.1 Å². The highest BCUT2D eigenvalue weighted by Crippen LogP contribution is 2.44. The second-order valence-corrected chi connectivity index (χ2v) is 11.5. The molecule has 0 unspecified atom stereocenters. The van der Waals surface area contributed by atoms with Crippen LogP contribution in [0.4, 0.5) is 4.39 Å². The van der Waals surface area contributed by atoms with Gasteiger partial charge in [-0.3, -0.25) is 9.35 Å². The normalized spacial score (nSPS) is 21.6. The van der Waals surface area contributed by atoms with Gasteiger partial charge in [0, 0.05) is 28.6 Å². The average molecular weight is 546 g/mol. The Morgan fingerprint density at radius 3 is 2.61 bits per heavy atom. The minimum Gasteiger partial charge on any atom is -0.458 e. The molecule has 3 aliphatic rings. The highest BCUT2D eigenvalue weighted by molar-refractivity contribution is 7.85. The molecule has 4 N–H and O–H groups in total. The van der Waals surface area contributed by atoms with E-state index in [0.29, 0.717) is 28.7 Å². The van der Waals surface area contributed by atoms with Gasteiger partial charge in [0.2, 0.25) is 0 Å². The summed E-state index contributed by atoms with van der Waals surface area (Å²) < 4.78 is 47.4. The van der Waals surface area contributed by atoms with E-state index in [9.17, 15) is 27.5 Å². The summed E-state index contributed by atoms with van der Waals surface area (Å²) >= 11 is 0. The Balaban J connectivity index is 0.000000540. The van der Waals surface area contributed by atoms with Gasteiger partial charge in [0.25, 0.3) is 15.7 Å². The molecule has 2 aromatic heterocycles. The Hall–Kier alpha value is -3.19. The second-order valence-electron chi connectivity index (χ2n) is 10.0. The predicted molar refractivity (Wildman–Crippen MR) is 137 cm³/mol. The van der Waals surface area contributed by atoms with Crippen molar-refractivity contribution < 1.29 is 32.0 Å². The molecule has 0 amide bonds. The maximum Gasteiger partial charge on any atom is 0.343 e. The summed E-state index contributed by atoms with van der Waals surface area (Å²) in [4.78, 5) is 30.6. The van der Waals surface area contributed by atoms with E-state index in [1.807, 2.05) is 0 Å². The molecule has 12 heteroatoms. The van der Waals surface area contributed by atoms with Crippen LogP contribution in [0.1, 0.15) is 65.6 Å². The number of esters is 1. The number of ether oxygens (including phenoxy) is 1. The van der Waals surface area contributed by atoms with Crippen LogP contribution in [0.15, 0.2) is 16.9 Å². The topological polar surface area (TPSA) is 162 Å². The number of aliphatic hydroxyl groups is 1. The number of hydrogen-bond acceptors (Lipinski definition) is 8. The third kappa shape index (κ3) is 4.03. The van der Waals surface area contributed by atoms with Crippen LogP contribution in [0.25, 0.3) is 22.3 Å². The number of hydrogen-bond donors (Lipinski definition) is 3. The molecule has 1 aliphatic carbocycles. The summed E-state index contributed by atoms with van der Waals surface area (Å²) in [5.74, 6) is -1.07. The quantitative estimate of drug-likeness (QED) is 0.241. The monoisotopic (exact) mass is 545 g/mol. The number of halogens is 1. The van der Waals surface area contributed by atoms with Gasteiger partial charge in [-0.25, -0.2) is 14.2 Å². The van der Waals surface area contributed by atoms with Crippen molar-refractivity contribution in [1.29, 1.82) is 0 Å². The van der Waals surface area contributed by atoms with E-state index < -0.39 is 21.7 Å². The Morgan fingerprint density at radius 1 is 1.26 bits per heavy atom. The standard InChI is InChI=1S/C25H24FN3O4.CH4O3S/c1-3-25(32)15-7-19-22-13(9-29(19)23(30)14(15)10-33-24(25)31)20-17(27)6-4-5-12-11(2)16(26)8-18(28-22)21(12)20;1-5(2,3)4/h7-8,17,32H,3-6,9-10,27H2,1-2H3;1H3,(H,2,3,4)/t17-,25-;/m0./s1. The third-order valence-corrected chi connectivity index (χ3v) is 7.66. The molecule has 10 nitrogen and oxygen atoms in total. The van der Waals surface area contributed by atoms with E-state index in [0.717, 1.165) is 41.3 Å². The van der Waals surface area contributed by atoms with Gasteiger partial charge in [-0.2, -0.15) is 8.42 Å². The molecule has 202 valence electrons. The van der Waals surface area contributed by atoms with Gasteiger partial charge in [0.15, 0.2) is 5.60 Å². The summed E-state index contributed by atoms with van der Waals surface area (Å²) in [6, 6.07) is 2.85. The fourth-order valence-corrected chi connectivity index (χ4v) is 5.79. The van der Waals surface area contributed by atoms with Crippen molar-refractivity contribution >= 4 is 27.0 Å². The summed E-state index contributed by atoms with van der Waals surface area (Å²) in [5, 5.41) is 12.0.